The number of amides is 1. The molecule has 1 fully saturated rings. The summed E-state index contributed by atoms with van der Waals surface area (Å²) in [6.45, 7) is 6.27. The minimum atomic E-state index is -2.81. The Labute approximate surface area is 232 Å². The number of rotatable bonds is 7. The van der Waals surface area contributed by atoms with Gasteiger partial charge in [-0.3, -0.25) is 19.4 Å². The van der Waals surface area contributed by atoms with E-state index >= 15 is 0 Å². The number of aliphatic hydroxyl groups excluding tert-OH is 1. The monoisotopic (exact) mass is 562 g/mol. The number of hydrogen-bond donors (Lipinski definition) is 3. The molecule has 2 aromatic heterocycles. The lowest BCUT2D eigenvalue weighted by Crippen LogP contribution is -2.45. The van der Waals surface area contributed by atoms with Crippen LogP contribution in [0.4, 0.5) is 5.69 Å². The van der Waals surface area contributed by atoms with E-state index in [0.29, 0.717) is 41.7 Å². The van der Waals surface area contributed by atoms with E-state index in [-0.39, 0.29) is 29.5 Å². The standard InChI is InChI=1S/C28H34N6O5Si/c1-17-25(40(3,4)38)24(11-13-33-16-18(12-14-35)29-31-33)39-28(17)21-15-19(9-10-23(21)32(2)27(28)37)34-26(36)20-7-5-6-8-22(20)30-34/h5-10,15-17,24-25,30,35,38H,11-14H2,1-4H3/t17-,24+,25-,28+/m0/s1. The maximum Gasteiger partial charge on any atom is 0.279 e. The number of H-pyrrole nitrogens is 1. The number of carbonyl (C=O) groups is 1. The van der Waals surface area contributed by atoms with Gasteiger partial charge in [-0.15, -0.1) is 5.10 Å². The van der Waals surface area contributed by atoms with Gasteiger partial charge in [-0.1, -0.05) is 24.3 Å². The van der Waals surface area contributed by atoms with Crippen LogP contribution in [-0.2, 0) is 28.1 Å². The van der Waals surface area contributed by atoms with Crippen LogP contribution >= 0.6 is 0 Å². The summed E-state index contributed by atoms with van der Waals surface area (Å²) in [4.78, 5) is 40.3. The molecule has 2 aliphatic heterocycles. The number of nitrogens with one attached hydrogen (secondary N) is 1. The molecular weight excluding hydrogens is 528 g/mol. The number of likely N-dealkylation sites (N-methyl/N-ethyl adjacent to an activating group) is 1. The normalized spacial score (nSPS) is 24.5. The first kappa shape index (κ1) is 26.6. The van der Waals surface area contributed by atoms with Crippen LogP contribution < -0.4 is 10.5 Å². The van der Waals surface area contributed by atoms with E-state index in [4.69, 9.17) is 4.74 Å². The van der Waals surface area contributed by atoms with E-state index in [1.807, 2.05) is 56.4 Å². The van der Waals surface area contributed by atoms with E-state index in [0.717, 1.165) is 11.2 Å². The molecule has 1 saturated heterocycles. The summed E-state index contributed by atoms with van der Waals surface area (Å²) in [7, 11) is -1.07. The lowest BCUT2D eigenvalue weighted by molar-refractivity contribution is -0.145. The molecular formula is C28H34N6O5Si. The number of aromatic nitrogens is 5. The van der Waals surface area contributed by atoms with Gasteiger partial charge in [-0.2, -0.15) is 0 Å². The Morgan fingerprint density at radius 2 is 1.95 bits per heavy atom. The number of fused-ring (bicyclic) bond motifs is 3. The van der Waals surface area contributed by atoms with Crippen LogP contribution in [0.15, 0.2) is 53.5 Å². The largest absolute Gasteiger partial charge is 0.432 e. The van der Waals surface area contributed by atoms with Gasteiger partial charge in [0, 0.05) is 49.8 Å². The van der Waals surface area contributed by atoms with Gasteiger partial charge in [-0.25, -0.2) is 4.68 Å². The number of aryl methyl sites for hydroxylation is 1. The smallest absolute Gasteiger partial charge is 0.279 e. The van der Waals surface area contributed by atoms with Crippen molar-refractivity contribution in [3.63, 3.8) is 0 Å². The molecule has 4 atom stereocenters. The summed E-state index contributed by atoms with van der Waals surface area (Å²) in [5.74, 6) is -0.483. The second kappa shape index (κ2) is 9.51. The fourth-order valence-corrected chi connectivity index (χ4v) is 9.36. The molecule has 0 radical (unpaired) electrons. The van der Waals surface area contributed by atoms with E-state index in [1.54, 1.807) is 28.9 Å². The zero-order chi connectivity index (χ0) is 28.4. The maximum absolute atomic E-state index is 14.0. The Kier molecular flexibility index (Phi) is 6.33. The lowest BCUT2D eigenvalue weighted by atomic mass is 9.82. The summed E-state index contributed by atoms with van der Waals surface area (Å²) >= 11 is 0. The number of ether oxygens (including phenoxy) is 1. The van der Waals surface area contributed by atoms with Crippen molar-refractivity contribution < 1.29 is 19.4 Å². The molecule has 0 saturated carbocycles. The second-order valence-corrected chi connectivity index (χ2v) is 15.4. The van der Waals surface area contributed by atoms with Crippen molar-refractivity contribution >= 4 is 30.8 Å². The predicted octanol–water partition coefficient (Wildman–Crippen LogP) is 2.31. The van der Waals surface area contributed by atoms with Gasteiger partial charge >= 0.3 is 0 Å². The molecule has 40 heavy (non-hydrogen) atoms. The topological polar surface area (TPSA) is 138 Å². The quantitative estimate of drug-likeness (QED) is 0.294. The highest BCUT2D eigenvalue weighted by molar-refractivity contribution is 6.71. The minimum Gasteiger partial charge on any atom is -0.432 e. The van der Waals surface area contributed by atoms with Crippen molar-refractivity contribution in [1.82, 2.24) is 24.8 Å². The molecule has 0 bridgehead atoms. The van der Waals surface area contributed by atoms with E-state index < -0.39 is 20.0 Å². The third kappa shape index (κ3) is 3.97. The third-order valence-electron chi connectivity index (χ3n) is 8.55. The van der Waals surface area contributed by atoms with Gasteiger partial charge in [0.05, 0.1) is 34.1 Å². The van der Waals surface area contributed by atoms with Crippen LogP contribution in [-0.4, -0.2) is 68.7 Å². The van der Waals surface area contributed by atoms with Gasteiger partial charge in [0.25, 0.3) is 11.5 Å². The van der Waals surface area contributed by atoms with Gasteiger partial charge in [0.15, 0.2) is 13.9 Å². The van der Waals surface area contributed by atoms with E-state index in [2.05, 4.69) is 15.4 Å². The first-order chi connectivity index (χ1) is 19.1. The Bertz CT molecular complexity index is 1650. The van der Waals surface area contributed by atoms with Crippen molar-refractivity contribution in [2.45, 2.75) is 56.7 Å². The van der Waals surface area contributed by atoms with Crippen LogP contribution in [0.1, 0.15) is 24.6 Å². The van der Waals surface area contributed by atoms with Gasteiger partial charge in [-0.05, 0) is 49.8 Å². The summed E-state index contributed by atoms with van der Waals surface area (Å²) in [6.07, 6.45) is 2.37. The van der Waals surface area contributed by atoms with Crippen LogP contribution in [0, 0.1) is 5.92 Å². The summed E-state index contributed by atoms with van der Waals surface area (Å²) in [6, 6.07) is 12.9. The summed E-state index contributed by atoms with van der Waals surface area (Å²) in [5.41, 5.74) is 1.78. The van der Waals surface area contributed by atoms with Crippen molar-refractivity contribution in [1.29, 1.82) is 0 Å². The fourth-order valence-electron chi connectivity index (χ4n) is 6.76. The molecule has 6 rings (SSSR count). The van der Waals surface area contributed by atoms with E-state index in [1.165, 1.54) is 4.68 Å². The molecule has 11 nitrogen and oxygen atoms in total. The number of para-hydroxylation sites is 1. The molecule has 2 aliphatic rings. The first-order valence-corrected chi connectivity index (χ1v) is 16.6. The van der Waals surface area contributed by atoms with Crippen LogP contribution in [0.25, 0.3) is 16.6 Å². The Hall–Kier alpha value is -3.58. The molecule has 1 spiro atoms. The van der Waals surface area contributed by atoms with E-state index in [9.17, 15) is 19.5 Å². The predicted molar refractivity (Wildman–Crippen MR) is 152 cm³/mol. The molecule has 4 aromatic rings. The number of benzene rings is 2. The van der Waals surface area contributed by atoms with Crippen molar-refractivity contribution in [3.8, 4) is 5.69 Å². The average Bonchev–Trinajstić information content (AvgIpc) is 3.64. The highest BCUT2D eigenvalue weighted by Gasteiger charge is 2.65. The molecule has 12 heteroatoms. The van der Waals surface area contributed by atoms with Gasteiger partial charge < -0.3 is 19.5 Å². The van der Waals surface area contributed by atoms with Gasteiger partial charge in [0.1, 0.15) is 0 Å². The molecule has 0 aliphatic carbocycles. The minimum absolute atomic E-state index is 0.00149. The number of anilines is 1. The number of aliphatic hydroxyl groups is 1. The Balaban J connectivity index is 1.40. The van der Waals surface area contributed by atoms with Crippen LogP contribution in [0.2, 0.25) is 18.6 Å². The molecule has 3 N–H and O–H groups in total. The Morgan fingerprint density at radius 3 is 2.67 bits per heavy atom. The Morgan fingerprint density at radius 1 is 1.18 bits per heavy atom. The third-order valence-corrected chi connectivity index (χ3v) is 11.0. The number of nitrogens with zero attached hydrogens (tertiary/aromatic N) is 5. The van der Waals surface area contributed by atoms with Crippen molar-refractivity contribution in [2.75, 3.05) is 18.6 Å². The van der Waals surface area contributed by atoms with Crippen LogP contribution in [0.5, 0.6) is 0 Å². The molecule has 4 heterocycles. The van der Waals surface area contributed by atoms with Crippen molar-refractivity contribution in [2.24, 2.45) is 5.92 Å². The van der Waals surface area contributed by atoms with Gasteiger partial charge in [0.2, 0.25) is 0 Å². The highest BCUT2D eigenvalue weighted by atomic mass is 28.4. The highest BCUT2D eigenvalue weighted by Crippen LogP contribution is 2.59. The summed E-state index contributed by atoms with van der Waals surface area (Å²) in [5, 5.41) is 21.2. The zero-order valence-electron chi connectivity index (χ0n) is 23.0. The summed E-state index contributed by atoms with van der Waals surface area (Å²) < 4.78 is 10.0. The molecule has 1 amide bonds. The number of aromatic amines is 1. The molecule has 210 valence electrons. The molecule has 0 unspecified atom stereocenters. The first-order valence-electron chi connectivity index (χ1n) is 13.6. The fraction of sp³-hybridized carbons (Fsp3) is 0.429. The maximum atomic E-state index is 14.0. The number of carbonyl (C=O) groups excluding carboxylic acids is 1. The SMILES string of the molecule is C[C@H]1[C@H]([Si](C)(C)O)[C@@H](CCn2cc(CCO)nn2)O[C@]12C(=O)N(C)c1ccc(-n3[nH]c4ccccc4c3=O)cc12. The average molecular weight is 563 g/mol. The second-order valence-electron chi connectivity index (χ2n) is 11.5. The molecule has 2 aromatic carbocycles. The lowest BCUT2D eigenvalue weighted by Gasteiger charge is -2.32. The zero-order valence-corrected chi connectivity index (χ0v) is 24.0. The van der Waals surface area contributed by atoms with Crippen molar-refractivity contribution in [3.05, 3.63) is 70.3 Å². The number of hydrogen-bond acceptors (Lipinski definition) is 7. The van der Waals surface area contributed by atoms with Crippen LogP contribution in [0.3, 0.4) is 0 Å².